The smallest absolute Gasteiger partial charge is 0.333 e. The number of esters is 2. The number of carbonyl (C=O) groups excluding carboxylic acids is 2. The largest absolute Gasteiger partial charge is 0.455 e. The van der Waals surface area contributed by atoms with Gasteiger partial charge in [-0.05, 0) is 110 Å². The molecule has 52 heavy (non-hydrogen) atoms. The Hall–Kier alpha value is -2.48. The molecule has 5 bridgehead atoms. The summed E-state index contributed by atoms with van der Waals surface area (Å²) in [4.78, 5) is 27.4. The third-order valence-electron chi connectivity index (χ3n) is 17.8. The highest BCUT2D eigenvalue weighted by Gasteiger charge is 2.89. The highest BCUT2D eigenvalue weighted by atomic mass is 16.6. The minimum absolute atomic E-state index is 0.0828. The maximum Gasteiger partial charge on any atom is 0.333 e. The van der Waals surface area contributed by atoms with Crippen LogP contribution in [-0.2, 0) is 23.8 Å². The van der Waals surface area contributed by atoms with Gasteiger partial charge in [-0.1, -0.05) is 84.9 Å². The van der Waals surface area contributed by atoms with Crippen molar-refractivity contribution in [3.05, 3.63) is 53.6 Å². The fourth-order valence-electron chi connectivity index (χ4n) is 15.1. The van der Waals surface area contributed by atoms with Gasteiger partial charge in [0.15, 0.2) is 6.10 Å². The minimum Gasteiger partial charge on any atom is -0.455 e. The summed E-state index contributed by atoms with van der Waals surface area (Å²) in [5.74, 6) is -0.403. The van der Waals surface area contributed by atoms with Crippen molar-refractivity contribution in [2.75, 3.05) is 0 Å². The predicted octanol–water partition coefficient (Wildman–Crippen LogP) is 8.07. The second-order valence-corrected chi connectivity index (χ2v) is 20.2. The second-order valence-electron chi connectivity index (χ2n) is 20.2. The zero-order valence-corrected chi connectivity index (χ0v) is 32.9. The van der Waals surface area contributed by atoms with Gasteiger partial charge in [0, 0.05) is 28.9 Å². The number of rotatable bonds is 5. The number of fused-ring (bicyclic) bond motifs is 4. The summed E-state index contributed by atoms with van der Waals surface area (Å²) in [6.45, 7) is 20.1. The summed E-state index contributed by atoms with van der Waals surface area (Å²) < 4.78 is 20.7. The maximum atomic E-state index is 13.9. The molecule has 0 amide bonds. The highest BCUT2D eigenvalue weighted by Crippen LogP contribution is 2.84. The molecule has 2 spiro atoms. The van der Waals surface area contributed by atoms with Crippen LogP contribution in [0.3, 0.4) is 0 Å². The zero-order valence-electron chi connectivity index (χ0n) is 32.9. The van der Waals surface area contributed by atoms with E-state index in [0.29, 0.717) is 23.8 Å². The normalized spacial score (nSPS) is 49.4. The van der Waals surface area contributed by atoms with Crippen molar-refractivity contribution >= 4 is 18.0 Å². The van der Waals surface area contributed by atoms with E-state index in [1.54, 1.807) is 19.1 Å². The molecule has 6 aliphatic carbocycles. The Labute approximate surface area is 310 Å². The Kier molecular flexibility index (Phi) is 8.09. The molecule has 7 aliphatic rings. The first-order valence-corrected chi connectivity index (χ1v) is 20.2. The molecule has 1 aromatic rings. The van der Waals surface area contributed by atoms with Crippen molar-refractivity contribution in [1.82, 2.24) is 0 Å². The first-order chi connectivity index (χ1) is 24.3. The number of ether oxygens (including phenoxy) is 3. The summed E-state index contributed by atoms with van der Waals surface area (Å²) in [5, 5.41) is 24.2. The Morgan fingerprint density at radius 1 is 0.846 bits per heavy atom. The Bertz CT molecular complexity index is 1700. The third kappa shape index (κ3) is 4.36. The molecule has 7 nitrogen and oxygen atoms in total. The van der Waals surface area contributed by atoms with E-state index >= 15 is 0 Å². The first kappa shape index (κ1) is 36.5. The molecule has 2 N–H and O–H groups in total. The molecule has 1 saturated heterocycles. The van der Waals surface area contributed by atoms with Gasteiger partial charge in [-0.2, -0.15) is 0 Å². The van der Waals surface area contributed by atoms with E-state index in [4.69, 9.17) is 14.2 Å². The lowest BCUT2D eigenvalue weighted by atomic mass is 9.30. The summed E-state index contributed by atoms with van der Waals surface area (Å²) in [5.41, 5.74) is -0.829. The topological polar surface area (TPSA) is 102 Å². The van der Waals surface area contributed by atoms with E-state index < -0.39 is 47.4 Å². The molecule has 1 aliphatic heterocycles. The molecule has 1 heterocycles. The van der Waals surface area contributed by atoms with Gasteiger partial charge in [-0.15, -0.1) is 0 Å². The maximum absolute atomic E-state index is 13.9. The quantitative estimate of drug-likeness (QED) is 0.235. The first-order valence-electron chi connectivity index (χ1n) is 20.2. The molecule has 14 atom stereocenters. The second kappa shape index (κ2) is 11.5. The number of aliphatic hydroxyl groups is 2. The van der Waals surface area contributed by atoms with Crippen LogP contribution in [0, 0.1) is 56.2 Å². The van der Waals surface area contributed by atoms with E-state index in [0.717, 1.165) is 50.5 Å². The van der Waals surface area contributed by atoms with Crippen molar-refractivity contribution in [2.45, 2.75) is 150 Å². The summed E-state index contributed by atoms with van der Waals surface area (Å²) >= 11 is 0. The monoisotopic (exact) mass is 714 g/mol. The molecule has 1 aromatic carbocycles. The molecule has 8 rings (SSSR count). The lowest BCUT2D eigenvalue weighted by Crippen LogP contribution is -2.74. The van der Waals surface area contributed by atoms with Gasteiger partial charge >= 0.3 is 11.9 Å². The Morgan fingerprint density at radius 2 is 1.54 bits per heavy atom. The summed E-state index contributed by atoms with van der Waals surface area (Å²) in [6, 6.07) is 9.65. The van der Waals surface area contributed by atoms with Crippen LogP contribution < -0.4 is 0 Å². The number of allylic oxidation sites excluding steroid dienone is 1. The fraction of sp³-hybridized carbons (Fsp3) is 0.733. The van der Waals surface area contributed by atoms with Gasteiger partial charge in [-0.3, -0.25) is 0 Å². The summed E-state index contributed by atoms with van der Waals surface area (Å²) in [7, 11) is 0. The number of hydrogen-bond donors (Lipinski definition) is 2. The Morgan fingerprint density at radius 3 is 2.23 bits per heavy atom. The predicted molar refractivity (Wildman–Crippen MR) is 199 cm³/mol. The number of benzene rings is 1. The van der Waals surface area contributed by atoms with Crippen LogP contribution >= 0.6 is 0 Å². The summed E-state index contributed by atoms with van der Waals surface area (Å²) in [6.07, 6.45) is 9.05. The molecule has 0 radical (unpaired) electrons. The fourth-order valence-corrected chi connectivity index (χ4v) is 15.1. The molecule has 14 unspecified atom stereocenters. The van der Waals surface area contributed by atoms with Crippen LogP contribution in [0.25, 0.3) is 6.08 Å². The highest BCUT2D eigenvalue weighted by molar-refractivity contribution is 5.88. The van der Waals surface area contributed by atoms with Crippen LogP contribution in [-0.4, -0.2) is 58.3 Å². The van der Waals surface area contributed by atoms with Crippen LogP contribution in [0.5, 0.6) is 0 Å². The van der Waals surface area contributed by atoms with Crippen LogP contribution in [0.2, 0.25) is 0 Å². The SMILES string of the molecule is CC=C(C)C(=O)OC1C2C3OC45CCC6C7(C)CCC(O)C(C)(C)C7CCC6(C)C4(C)CC(O)C3(C1OC(=O)C=Cc1ccccc1)C5CC2(C)C. The Balaban J connectivity index is 1.22. The zero-order chi connectivity index (χ0) is 37.4. The van der Waals surface area contributed by atoms with Crippen molar-refractivity contribution < 1.29 is 34.0 Å². The molecule has 7 heteroatoms. The van der Waals surface area contributed by atoms with Crippen LogP contribution in [0.4, 0.5) is 0 Å². The number of carbonyl (C=O) groups is 2. The van der Waals surface area contributed by atoms with Crippen LogP contribution in [0.1, 0.15) is 119 Å². The molecule has 6 saturated carbocycles. The average molecular weight is 715 g/mol. The lowest BCUT2D eigenvalue weighted by Gasteiger charge is -2.74. The van der Waals surface area contributed by atoms with Crippen molar-refractivity contribution in [2.24, 2.45) is 56.2 Å². The van der Waals surface area contributed by atoms with E-state index in [2.05, 4.69) is 48.5 Å². The number of hydrogen-bond acceptors (Lipinski definition) is 7. The van der Waals surface area contributed by atoms with Gasteiger partial charge in [-0.25, -0.2) is 9.59 Å². The number of aliphatic hydroxyl groups excluding tert-OH is 2. The standard InChI is InChI=1S/C45H62O7/c1-10-26(2)38(49)51-35-34-36-45(37(35)50-33(48)17-16-27-14-12-11-13-15-27)30(24-39(34,3)4)44(52-36)23-19-29-41(7)21-20-31(46)40(5,6)28(41)18-22-42(29,8)43(44,9)25-32(45)47/h10-17,28-32,34-37,46-47H,18-25H2,1-9H3. The van der Waals surface area contributed by atoms with E-state index in [1.165, 1.54) is 6.08 Å². The van der Waals surface area contributed by atoms with Crippen molar-refractivity contribution in [3.8, 4) is 0 Å². The minimum atomic E-state index is -0.897. The molecule has 7 fully saturated rings. The van der Waals surface area contributed by atoms with E-state index in [-0.39, 0.29) is 45.0 Å². The van der Waals surface area contributed by atoms with Gasteiger partial charge in [0.25, 0.3) is 0 Å². The average Bonchev–Trinajstić information content (AvgIpc) is 3.39. The van der Waals surface area contributed by atoms with Crippen molar-refractivity contribution in [3.63, 3.8) is 0 Å². The van der Waals surface area contributed by atoms with Gasteiger partial charge in [0.2, 0.25) is 0 Å². The molecule has 0 aromatic heterocycles. The van der Waals surface area contributed by atoms with E-state index in [9.17, 15) is 19.8 Å². The molecular formula is C45H62O7. The van der Waals surface area contributed by atoms with Gasteiger partial charge in [0.05, 0.1) is 29.3 Å². The van der Waals surface area contributed by atoms with Crippen LogP contribution in [0.15, 0.2) is 48.1 Å². The van der Waals surface area contributed by atoms with Crippen molar-refractivity contribution in [1.29, 1.82) is 0 Å². The van der Waals surface area contributed by atoms with Gasteiger partial charge < -0.3 is 24.4 Å². The molecular weight excluding hydrogens is 652 g/mol. The van der Waals surface area contributed by atoms with E-state index in [1.807, 2.05) is 37.3 Å². The lowest BCUT2D eigenvalue weighted by molar-refractivity contribution is -0.299. The third-order valence-corrected chi connectivity index (χ3v) is 17.8. The molecule has 284 valence electrons. The van der Waals surface area contributed by atoms with Gasteiger partial charge in [0.1, 0.15) is 6.10 Å².